The largest absolute Gasteiger partial charge is 0.459 e. The Morgan fingerprint density at radius 3 is 3.08 bits per heavy atom. The number of nitrogens with zero attached hydrogens (tertiary/aromatic N) is 2. The molecule has 2 aromatic heterocycles. The molecule has 6 nitrogen and oxygen atoms in total. The lowest BCUT2D eigenvalue weighted by atomic mass is 10.2. The van der Waals surface area contributed by atoms with Gasteiger partial charge >= 0.3 is 0 Å². The maximum absolute atomic E-state index is 12.5. The van der Waals surface area contributed by atoms with Crippen LogP contribution in [-0.2, 0) is 6.54 Å². The normalized spacial score (nSPS) is 14.5. The fourth-order valence-electron chi connectivity index (χ4n) is 2.73. The standard InChI is InChI=1S/C17H15N3O3S/c1-10(14-8-11-4-2-3-5-13(11)23-14)19-15(21)12-9-18-17-20(16(12)22)6-7-24-17/h2-5,8-10H,6-7H2,1H3,(H,19,21)/t10-/m0/s1. The molecule has 24 heavy (non-hydrogen) atoms. The fourth-order valence-corrected chi connectivity index (χ4v) is 3.65. The SMILES string of the molecule is C[C@H](NC(=O)c1cnc2n(c1=O)CCS2)c1cc2ccccc2o1. The van der Waals surface area contributed by atoms with Gasteiger partial charge < -0.3 is 9.73 Å². The average molecular weight is 341 g/mol. The summed E-state index contributed by atoms with van der Waals surface area (Å²) in [5.74, 6) is 1.02. The monoisotopic (exact) mass is 341 g/mol. The number of amides is 1. The minimum atomic E-state index is -0.437. The molecule has 1 aliphatic heterocycles. The van der Waals surface area contributed by atoms with Crippen molar-refractivity contribution in [2.45, 2.75) is 24.7 Å². The second kappa shape index (κ2) is 5.83. The summed E-state index contributed by atoms with van der Waals surface area (Å²) in [6.07, 6.45) is 1.35. The van der Waals surface area contributed by atoms with E-state index >= 15 is 0 Å². The summed E-state index contributed by atoms with van der Waals surface area (Å²) in [7, 11) is 0. The van der Waals surface area contributed by atoms with E-state index in [1.54, 1.807) is 4.57 Å². The van der Waals surface area contributed by atoms with Gasteiger partial charge in [0.05, 0.1) is 6.04 Å². The van der Waals surface area contributed by atoms with Crippen molar-refractivity contribution in [2.24, 2.45) is 0 Å². The van der Waals surface area contributed by atoms with E-state index in [0.29, 0.717) is 17.5 Å². The van der Waals surface area contributed by atoms with Crippen LogP contribution in [0.5, 0.6) is 0 Å². The van der Waals surface area contributed by atoms with E-state index in [1.807, 2.05) is 37.3 Å². The summed E-state index contributed by atoms with van der Waals surface area (Å²) in [6, 6.07) is 9.20. The lowest BCUT2D eigenvalue weighted by Gasteiger charge is -2.11. The number of carbonyl (C=O) groups is 1. The smallest absolute Gasteiger partial charge is 0.267 e. The molecule has 1 aromatic carbocycles. The van der Waals surface area contributed by atoms with Crippen LogP contribution in [0.2, 0.25) is 0 Å². The lowest BCUT2D eigenvalue weighted by molar-refractivity contribution is 0.0932. The van der Waals surface area contributed by atoms with Crippen LogP contribution in [-0.4, -0.2) is 21.2 Å². The molecule has 0 unspecified atom stereocenters. The number of hydrogen-bond donors (Lipinski definition) is 1. The summed E-state index contributed by atoms with van der Waals surface area (Å²) in [5.41, 5.74) is 0.536. The first-order valence-electron chi connectivity index (χ1n) is 7.65. The molecular weight excluding hydrogens is 326 g/mol. The molecule has 1 aliphatic rings. The molecule has 1 atom stereocenters. The summed E-state index contributed by atoms with van der Waals surface area (Å²) in [6.45, 7) is 2.41. The van der Waals surface area contributed by atoms with Gasteiger partial charge in [-0.05, 0) is 19.1 Å². The summed E-state index contributed by atoms with van der Waals surface area (Å²) >= 11 is 1.52. The molecule has 1 amide bonds. The van der Waals surface area contributed by atoms with Crippen LogP contribution >= 0.6 is 11.8 Å². The zero-order valence-corrected chi connectivity index (χ0v) is 13.8. The number of benzene rings is 1. The van der Waals surface area contributed by atoms with Crippen molar-refractivity contribution in [2.75, 3.05) is 5.75 Å². The van der Waals surface area contributed by atoms with Gasteiger partial charge in [0.2, 0.25) is 0 Å². The molecule has 4 rings (SSSR count). The number of fused-ring (bicyclic) bond motifs is 2. The van der Waals surface area contributed by atoms with Gasteiger partial charge in [-0.15, -0.1) is 0 Å². The molecule has 122 valence electrons. The van der Waals surface area contributed by atoms with E-state index in [9.17, 15) is 9.59 Å². The molecule has 1 N–H and O–H groups in total. The predicted octanol–water partition coefficient (Wildman–Crippen LogP) is 2.59. The van der Waals surface area contributed by atoms with Crippen molar-refractivity contribution >= 4 is 28.6 Å². The molecule has 0 saturated heterocycles. The van der Waals surface area contributed by atoms with Crippen molar-refractivity contribution < 1.29 is 9.21 Å². The second-order valence-corrected chi connectivity index (χ2v) is 6.70. The predicted molar refractivity (Wildman–Crippen MR) is 91.3 cm³/mol. The zero-order chi connectivity index (χ0) is 16.7. The number of aromatic nitrogens is 2. The van der Waals surface area contributed by atoms with Gasteiger partial charge in [-0.1, -0.05) is 30.0 Å². The van der Waals surface area contributed by atoms with Crippen LogP contribution in [0.3, 0.4) is 0 Å². The van der Waals surface area contributed by atoms with Gasteiger partial charge in [-0.25, -0.2) is 4.98 Å². The van der Waals surface area contributed by atoms with Gasteiger partial charge in [-0.3, -0.25) is 14.2 Å². The summed E-state index contributed by atoms with van der Waals surface area (Å²) in [4.78, 5) is 29.0. The number of thioether (sulfide) groups is 1. The third-order valence-corrected chi connectivity index (χ3v) is 4.99. The van der Waals surface area contributed by atoms with Crippen LogP contribution in [0.1, 0.15) is 29.1 Å². The number of nitrogens with one attached hydrogen (secondary N) is 1. The van der Waals surface area contributed by atoms with Gasteiger partial charge in [0.15, 0.2) is 5.16 Å². The van der Waals surface area contributed by atoms with Crippen molar-refractivity contribution in [3.63, 3.8) is 0 Å². The number of hydrogen-bond acceptors (Lipinski definition) is 5. The van der Waals surface area contributed by atoms with E-state index < -0.39 is 5.91 Å². The molecule has 0 saturated carbocycles. The Morgan fingerprint density at radius 2 is 2.25 bits per heavy atom. The van der Waals surface area contributed by atoms with E-state index in [0.717, 1.165) is 16.7 Å². The Kier molecular flexibility index (Phi) is 3.65. The highest BCUT2D eigenvalue weighted by Gasteiger charge is 2.22. The Bertz CT molecular complexity index is 959. The molecule has 0 fully saturated rings. The third-order valence-electron chi connectivity index (χ3n) is 4.02. The van der Waals surface area contributed by atoms with Crippen LogP contribution < -0.4 is 10.9 Å². The molecule has 3 aromatic rings. The molecule has 0 radical (unpaired) electrons. The number of furan rings is 1. The lowest BCUT2D eigenvalue weighted by Crippen LogP contribution is -2.34. The van der Waals surface area contributed by atoms with Crippen LogP contribution in [0.15, 0.2) is 50.9 Å². The first kappa shape index (κ1) is 15.0. The van der Waals surface area contributed by atoms with Crippen LogP contribution in [0.25, 0.3) is 11.0 Å². The molecule has 3 heterocycles. The van der Waals surface area contributed by atoms with E-state index in [1.165, 1.54) is 18.0 Å². The quantitative estimate of drug-likeness (QED) is 0.741. The van der Waals surface area contributed by atoms with Gasteiger partial charge in [0, 0.05) is 23.9 Å². The summed E-state index contributed by atoms with van der Waals surface area (Å²) < 4.78 is 7.30. The molecule has 0 bridgehead atoms. The first-order valence-corrected chi connectivity index (χ1v) is 8.64. The highest BCUT2D eigenvalue weighted by molar-refractivity contribution is 7.99. The van der Waals surface area contributed by atoms with E-state index in [2.05, 4.69) is 10.3 Å². The minimum absolute atomic E-state index is 0.0595. The number of carbonyl (C=O) groups excluding carboxylic acids is 1. The van der Waals surface area contributed by atoms with Gasteiger partial charge in [-0.2, -0.15) is 0 Å². The topological polar surface area (TPSA) is 77.1 Å². The van der Waals surface area contributed by atoms with Crippen molar-refractivity contribution in [3.05, 3.63) is 58.2 Å². The van der Waals surface area contributed by atoms with Gasteiger partial charge in [0.1, 0.15) is 16.9 Å². The van der Waals surface area contributed by atoms with Crippen LogP contribution in [0, 0.1) is 0 Å². The minimum Gasteiger partial charge on any atom is -0.459 e. The van der Waals surface area contributed by atoms with Gasteiger partial charge in [0.25, 0.3) is 11.5 Å². The maximum atomic E-state index is 12.5. The fraction of sp³-hybridized carbons (Fsp3) is 0.235. The van der Waals surface area contributed by atoms with E-state index in [4.69, 9.17) is 4.42 Å². The highest BCUT2D eigenvalue weighted by atomic mass is 32.2. The Morgan fingerprint density at radius 1 is 1.42 bits per heavy atom. The third kappa shape index (κ3) is 2.50. The van der Waals surface area contributed by atoms with Crippen molar-refractivity contribution in [3.8, 4) is 0 Å². The Balaban J connectivity index is 1.58. The van der Waals surface area contributed by atoms with Crippen molar-refractivity contribution in [1.29, 1.82) is 0 Å². The number of rotatable bonds is 3. The van der Waals surface area contributed by atoms with Crippen LogP contribution in [0.4, 0.5) is 0 Å². The molecule has 0 aliphatic carbocycles. The molecular formula is C17H15N3O3S. The van der Waals surface area contributed by atoms with E-state index in [-0.39, 0.29) is 17.2 Å². The Labute approximate surface area is 141 Å². The highest BCUT2D eigenvalue weighted by Crippen LogP contribution is 2.24. The summed E-state index contributed by atoms with van der Waals surface area (Å²) in [5, 5.41) is 4.46. The average Bonchev–Trinajstić information content (AvgIpc) is 3.21. The Hall–Kier alpha value is -2.54. The first-order chi connectivity index (χ1) is 11.6. The molecule has 0 spiro atoms. The molecule has 7 heteroatoms. The second-order valence-electron chi connectivity index (χ2n) is 5.64. The maximum Gasteiger partial charge on any atom is 0.267 e. The zero-order valence-electron chi connectivity index (χ0n) is 13.0. The number of para-hydroxylation sites is 1. The van der Waals surface area contributed by atoms with Crippen molar-refractivity contribution in [1.82, 2.24) is 14.9 Å².